The van der Waals surface area contributed by atoms with Crippen LogP contribution in [0, 0.1) is 17.8 Å². The van der Waals surface area contributed by atoms with Crippen LogP contribution < -0.4 is 4.90 Å². The average molecular weight is 362 g/mol. The van der Waals surface area contributed by atoms with Crippen molar-refractivity contribution in [2.75, 3.05) is 18.1 Å². The molecule has 1 aromatic rings. The van der Waals surface area contributed by atoms with Gasteiger partial charge in [0.15, 0.2) is 0 Å². The highest BCUT2D eigenvalue weighted by molar-refractivity contribution is 6.30. The number of rotatable bonds is 4. The molecule has 3 aliphatic rings. The van der Waals surface area contributed by atoms with Gasteiger partial charge >= 0.3 is 5.97 Å². The molecule has 4 rings (SSSR count). The molecule has 3 aliphatic heterocycles. The normalized spacial score (nSPS) is 32.6. The molecule has 5 nitrogen and oxygen atoms in total. The maximum atomic E-state index is 13.1. The van der Waals surface area contributed by atoms with Gasteiger partial charge in [-0.3, -0.25) is 9.59 Å². The Kier molecular flexibility index (Phi) is 3.89. The molecule has 0 saturated carbocycles. The molecule has 6 heteroatoms. The van der Waals surface area contributed by atoms with E-state index in [0.29, 0.717) is 18.2 Å². The maximum absolute atomic E-state index is 13.1. The average Bonchev–Trinajstić information content (AvgIpc) is 3.22. The zero-order valence-corrected chi connectivity index (χ0v) is 14.9. The van der Waals surface area contributed by atoms with Crippen molar-refractivity contribution in [2.24, 2.45) is 17.8 Å². The summed E-state index contributed by atoms with van der Waals surface area (Å²) in [6, 6.07) is 7.11. The van der Waals surface area contributed by atoms with E-state index >= 15 is 0 Å². The van der Waals surface area contributed by atoms with Crippen LogP contribution in [0.25, 0.3) is 0 Å². The Labute approximate surface area is 151 Å². The largest absolute Gasteiger partial charge is 0.465 e. The highest BCUT2D eigenvalue weighted by Crippen LogP contribution is 2.52. The summed E-state index contributed by atoms with van der Waals surface area (Å²) in [6.07, 6.45) is 3.44. The standard InChI is InChI=1S/C19H20ClNO4/c1-11(2)9-24-18(23)15-14-7-8-19(25-14)10-21(17(22)16(15)19)13-5-3-12(20)4-6-13/h3-8,11,14-16H,9-10H2,1-2H3. The minimum absolute atomic E-state index is 0.0966. The van der Waals surface area contributed by atoms with Crippen molar-refractivity contribution in [3.63, 3.8) is 0 Å². The number of carbonyl (C=O) groups is 2. The number of amides is 1. The van der Waals surface area contributed by atoms with Crippen molar-refractivity contribution in [2.45, 2.75) is 25.6 Å². The number of halogens is 1. The molecule has 4 atom stereocenters. The van der Waals surface area contributed by atoms with E-state index in [1.54, 1.807) is 29.2 Å². The lowest BCUT2D eigenvalue weighted by Crippen LogP contribution is -2.40. The lowest BCUT2D eigenvalue weighted by molar-refractivity contribution is -0.153. The van der Waals surface area contributed by atoms with Gasteiger partial charge in [-0.05, 0) is 30.2 Å². The Bertz CT molecular complexity index is 744. The first kappa shape index (κ1) is 16.6. The quantitative estimate of drug-likeness (QED) is 0.611. The van der Waals surface area contributed by atoms with Crippen LogP contribution in [-0.2, 0) is 19.1 Å². The van der Waals surface area contributed by atoms with Gasteiger partial charge in [0.1, 0.15) is 11.5 Å². The van der Waals surface area contributed by atoms with Crippen LogP contribution in [0.4, 0.5) is 5.69 Å². The highest BCUT2D eigenvalue weighted by atomic mass is 35.5. The summed E-state index contributed by atoms with van der Waals surface area (Å²) >= 11 is 5.94. The molecule has 25 heavy (non-hydrogen) atoms. The molecule has 1 aromatic carbocycles. The van der Waals surface area contributed by atoms with E-state index in [2.05, 4.69) is 0 Å². The number of benzene rings is 1. The SMILES string of the molecule is CC(C)COC(=O)C1C2C=CC3(CN(c4ccc(Cl)cc4)C(=O)C13)O2. The molecule has 132 valence electrons. The van der Waals surface area contributed by atoms with Crippen molar-refractivity contribution in [1.29, 1.82) is 0 Å². The van der Waals surface area contributed by atoms with Gasteiger partial charge in [-0.15, -0.1) is 0 Å². The van der Waals surface area contributed by atoms with E-state index in [9.17, 15) is 9.59 Å². The Hall–Kier alpha value is -1.85. The maximum Gasteiger partial charge on any atom is 0.312 e. The Morgan fingerprint density at radius 1 is 1.40 bits per heavy atom. The zero-order chi connectivity index (χ0) is 17.8. The fourth-order valence-corrected chi connectivity index (χ4v) is 4.08. The summed E-state index contributed by atoms with van der Waals surface area (Å²) in [5.41, 5.74) is 0.0241. The van der Waals surface area contributed by atoms with Gasteiger partial charge in [-0.1, -0.05) is 37.6 Å². The summed E-state index contributed by atoms with van der Waals surface area (Å²) < 4.78 is 11.5. The molecule has 1 amide bonds. The van der Waals surface area contributed by atoms with E-state index in [-0.39, 0.29) is 23.9 Å². The first-order valence-corrected chi connectivity index (χ1v) is 8.90. The fraction of sp³-hybridized carbons (Fsp3) is 0.474. The van der Waals surface area contributed by atoms with Gasteiger partial charge in [0.05, 0.1) is 25.2 Å². The minimum Gasteiger partial charge on any atom is -0.465 e. The Morgan fingerprint density at radius 2 is 2.12 bits per heavy atom. The Morgan fingerprint density at radius 3 is 2.80 bits per heavy atom. The molecular formula is C19H20ClNO4. The van der Waals surface area contributed by atoms with Crippen LogP contribution in [0.15, 0.2) is 36.4 Å². The first-order chi connectivity index (χ1) is 11.9. The summed E-state index contributed by atoms with van der Waals surface area (Å²) in [5, 5.41) is 0.612. The van der Waals surface area contributed by atoms with Crippen molar-refractivity contribution in [1.82, 2.24) is 0 Å². The lowest BCUT2D eigenvalue weighted by atomic mass is 9.77. The van der Waals surface area contributed by atoms with Gasteiger partial charge in [-0.2, -0.15) is 0 Å². The number of fused-ring (bicyclic) bond motifs is 1. The molecule has 1 spiro atoms. The molecule has 2 fully saturated rings. The van der Waals surface area contributed by atoms with Crippen molar-refractivity contribution in [3.05, 3.63) is 41.4 Å². The van der Waals surface area contributed by atoms with E-state index in [0.717, 1.165) is 5.69 Å². The number of hydrogen-bond acceptors (Lipinski definition) is 4. The van der Waals surface area contributed by atoms with Crippen molar-refractivity contribution in [3.8, 4) is 0 Å². The van der Waals surface area contributed by atoms with Crippen molar-refractivity contribution < 1.29 is 19.1 Å². The third-order valence-corrected chi connectivity index (χ3v) is 5.32. The molecule has 0 N–H and O–H groups in total. The van der Waals surface area contributed by atoms with E-state index < -0.39 is 17.4 Å². The van der Waals surface area contributed by atoms with Crippen LogP contribution in [0.3, 0.4) is 0 Å². The molecule has 2 saturated heterocycles. The number of nitrogens with zero attached hydrogens (tertiary/aromatic N) is 1. The number of anilines is 1. The van der Waals surface area contributed by atoms with Gasteiger partial charge < -0.3 is 14.4 Å². The molecular weight excluding hydrogens is 342 g/mol. The zero-order valence-electron chi connectivity index (χ0n) is 14.1. The van der Waals surface area contributed by atoms with Gasteiger partial charge in [0.2, 0.25) is 5.91 Å². The molecule has 0 aromatic heterocycles. The lowest BCUT2D eigenvalue weighted by Gasteiger charge is -2.23. The fourth-order valence-electron chi connectivity index (χ4n) is 3.95. The van der Waals surface area contributed by atoms with Gasteiger partial charge in [-0.25, -0.2) is 0 Å². The minimum atomic E-state index is -0.733. The summed E-state index contributed by atoms with van der Waals surface area (Å²) in [5.74, 6) is -1.30. The predicted octanol–water partition coefficient (Wildman–Crippen LogP) is 2.83. The van der Waals surface area contributed by atoms with E-state index in [1.165, 1.54) is 0 Å². The second kappa shape index (κ2) is 5.85. The van der Waals surface area contributed by atoms with Crippen LogP contribution in [0.5, 0.6) is 0 Å². The molecule has 0 aliphatic carbocycles. The molecule has 3 heterocycles. The number of ether oxygens (including phenoxy) is 2. The predicted molar refractivity (Wildman–Crippen MR) is 93.3 cm³/mol. The second-order valence-corrected chi connectivity index (χ2v) is 7.76. The second-order valence-electron chi connectivity index (χ2n) is 7.32. The van der Waals surface area contributed by atoms with Crippen LogP contribution in [0.2, 0.25) is 5.02 Å². The van der Waals surface area contributed by atoms with Crippen LogP contribution in [-0.4, -0.2) is 36.7 Å². The third kappa shape index (κ3) is 2.57. The van der Waals surface area contributed by atoms with Crippen molar-refractivity contribution >= 4 is 29.2 Å². The molecule has 4 unspecified atom stereocenters. The number of hydrogen-bond donors (Lipinski definition) is 0. The number of carbonyl (C=O) groups excluding carboxylic acids is 2. The van der Waals surface area contributed by atoms with E-state index in [4.69, 9.17) is 21.1 Å². The van der Waals surface area contributed by atoms with Crippen LogP contribution >= 0.6 is 11.6 Å². The molecule has 0 radical (unpaired) electrons. The third-order valence-electron chi connectivity index (χ3n) is 5.07. The van der Waals surface area contributed by atoms with Gasteiger partial charge in [0, 0.05) is 10.7 Å². The first-order valence-electron chi connectivity index (χ1n) is 8.52. The summed E-state index contributed by atoms with van der Waals surface area (Å²) in [7, 11) is 0. The monoisotopic (exact) mass is 361 g/mol. The van der Waals surface area contributed by atoms with Crippen LogP contribution in [0.1, 0.15) is 13.8 Å². The smallest absolute Gasteiger partial charge is 0.312 e. The molecule has 2 bridgehead atoms. The summed E-state index contributed by atoms with van der Waals surface area (Å²) in [4.78, 5) is 27.3. The summed E-state index contributed by atoms with van der Waals surface area (Å²) in [6.45, 7) is 4.71. The van der Waals surface area contributed by atoms with Gasteiger partial charge in [0.25, 0.3) is 0 Å². The highest BCUT2D eigenvalue weighted by Gasteiger charge is 2.67. The number of esters is 1. The Balaban J connectivity index is 1.61. The van der Waals surface area contributed by atoms with E-state index in [1.807, 2.05) is 26.0 Å². The topological polar surface area (TPSA) is 55.8 Å².